The Hall–Kier alpha value is -1.26. The molecule has 0 saturated carbocycles. The zero-order valence-electron chi connectivity index (χ0n) is 12.2. The molecule has 0 amide bonds. The number of rotatable bonds is 4. The lowest BCUT2D eigenvalue weighted by Gasteiger charge is -2.13. The Bertz CT molecular complexity index is 450. The molecule has 0 aliphatic carbocycles. The minimum absolute atomic E-state index is 0.748. The molecule has 3 rings (SSSR count). The summed E-state index contributed by atoms with van der Waals surface area (Å²) in [6, 6.07) is 6.26. The van der Waals surface area contributed by atoms with Crippen LogP contribution >= 0.6 is 0 Å². The molecule has 1 saturated heterocycles. The predicted octanol–water partition coefficient (Wildman–Crippen LogP) is 1.89. The second-order valence-corrected chi connectivity index (χ2v) is 5.88. The van der Waals surface area contributed by atoms with Gasteiger partial charge in [0.1, 0.15) is 0 Å². The summed E-state index contributed by atoms with van der Waals surface area (Å²) in [7, 11) is 2.20. The standard InChI is InChI=1S/C16H24N2O2/c1-18-6-5-14(12-18)11-17-10-13-3-4-15-16(9-13)20-8-2-7-19-15/h3-4,9,14,17H,2,5-8,10-12H2,1H3. The Morgan fingerprint density at radius 2 is 2.10 bits per heavy atom. The van der Waals surface area contributed by atoms with Gasteiger partial charge >= 0.3 is 0 Å². The van der Waals surface area contributed by atoms with Gasteiger partial charge in [-0.3, -0.25) is 0 Å². The summed E-state index contributed by atoms with van der Waals surface area (Å²) in [4.78, 5) is 2.40. The molecule has 20 heavy (non-hydrogen) atoms. The minimum atomic E-state index is 0.748. The topological polar surface area (TPSA) is 33.7 Å². The third-order valence-corrected chi connectivity index (χ3v) is 4.06. The number of ether oxygens (including phenoxy) is 2. The number of fused-ring (bicyclic) bond motifs is 1. The van der Waals surface area contributed by atoms with Crippen LogP contribution in [-0.4, -0.2) is 44.8 Å². The van der Waals surface area contributed by atoms with E-state index < -0.39 is 0 Å². The van der Waals surface area contributed by atoms with E-state index in [1.54, 1.807) is 0 Å². The van der Waals surface area contributed by atoms with E-state index in [1.807, 2.05) is 6.07 Å². The molecule has 1 aromatic carbocycles. The molecule has 4 heteroatoms. The smallest absolute Gasteiger partial charge is 0.161 e. The van der Waals surface area contributed by atoms with Gasteiger partial charge in [0.2, 0.25) is 0 Å². The Kier molecular flexibility index (Phi) is 4.43. The predicted molar refractivity (Wildman–Crippen MR) is 79.4 cm³/mol. The molecule has 2 aliphatic rings. The summed E-state index contributed by atoms with van der Waals surface area (Å²) in [6.45, 7) is 5.94. The monoisotopic (exact) mass is 276 g/mol. The molecule has 0 radical (unpaired) electrons. The zero-order chi connectivity index (χ0) is 13.8. The zero-order valence-corrected chi connectivity index (χ0v) is 12.2. The van der Waals surface area contributed by atoms with Crippen molar-refractivity contribution in [3.05, 3.63) is 23.8 Å². The quantitative estimate of drug-likeness (QED) is 0.910. The number of hydrogen-bond donors (Lipinski definition) is 1. The second kappa shape index (κ2) is 6.46. The maximum atomic E-state index is 5.72. The Labute approximate surface area is 121 Å². The maximum Gasteiger partial charge on any atom is 0.161 e. The van der Waals surface area contributed by atoms with Crippen LogP contribution in [-0.2, 0) is 6.54 Å². The highest BCUT2D eigenvalue weighted by Crippen LogP contribution is 2.30. The van der Waals surface area contributed by atoms with Crippen molar-refractivity contribution in [3.63, 3.8) is 0 Å². The summed E-state index contributed by atoms with van der Waals surface area (Å²) in [5.41, 5.74) is 1.26. The van der Waals surface area contributed by atoms with Crippen LogP contribution in [0.2, 0.25) is 0 Å². The highest BCUT2D eigenvalue weighted by Gasteiger charge is 2.18. The average molecular weight is 276 g/mol. The van der Waals surface area contributed by atoms with Crippen molar-refractivity contribution in [1.82, 2.24) is 10.2 Å². The number of nitrogens with one attached hydrogen (secondary N) is 1. The van der Waals surface area contributed by atoms with Gasteiger partial charge in [-0.05, 0) is 50.2 Å². The van der Waals surface area contributed by atoms with Crippen molar-refractivity contribution in [2.24, 2.45) is 5.92 Å². The van der Waals surface area contributed by atoms with Gasteiger partial charge in [-0.25, -0.2) is 0 Å². The van der Waals surface area contributed by atoms with Crippen LogP contribution < -0.4 is 14.8 Å². The molecule has 1 N–H and O–H groups in total. The average Bonchev–Trinajstić information content (AvgIpc) is 2.73. The van der Waals surface area contributed by atoms with Gasteiger partial charge in [0.25, 0.3) is 0 Å². The van der Waals surface area contributed by atoms with Crippen molar-refractivity contribution in [2.45, 2.75) is 19.4 Å². The molecule has 110 valence electrons. The third-order valence-electron chi connectivity index (χ3n) is 4.06. The largest absolute Gasteiger partial charge is 0.490 e. The molecular weight excluding hydrogens is 252 g/mol. The molecule has 0 aromatic heterocycles. The van der Waals surface area contributed by atoms with Gasteiger partial charge in [-0.15, -0.1) is 0 Å². The first kappa shape index (κ1) is 13.7. The van der Waals surface area contributed by atoms with Crippen LogP contribution in [0.3, 0.4) is 0 Å². The number of nitrogens with zero attached hydrogens (tertiary/aromatic N) is 1. The summed E-state index contributed by atoms with van der Waals surface area (Å²) in [6.07, 6.45) is 2.27. The van der Waals surface area contributed by atoms with Gasteiger partial charge in [-0.2, -0.15) is 0 Å². The fourth-order valence-electron chi connectivity index (χ4n) is 2.93. The SMILES string of the molecule is CN1CCC(CNCc2ccc3c(c2)OCCCO3)C1. The number of likely N-dealkylation sites (tertiary alicyclic amines) is 1. The molecular formula is C16H24N2O2. The molecule has 4 nitrogen and oxygen atoms in total. The van der Waals surface area contributed by atoms with Crippen molar-refractivity contribution >= 4 is 0 Å². The van der Waals surface area contributed by atoms with Gasteiger partial charge in [0, 0.05) is 19.5 Å². The lowest BCUT2D eigenvalue weighted by molar-refractivity contribution is 0.297. The van der Waals surface area contributed by atoms with E-state index in [0.717, 1.165) is 50.1 Å². The van der Waals surface area contributed by atoms with Gasteiger partial charge in [-0.1, -0.05) is 6.07 Å². The van der Waals surface area contributed by atoms with E-state index in [4.69, 9.17) is 9.47 Å². The fourth-order valence-corrected chi connectivity index (χ4v) is 2.93. The van der Waals surface area contributed by atoms with E-state index in [0.29, 0.717) is 0 Å². The first-order chi connectivity index (χ1) is 9.81. The summed E-state index contributed by atoms with van der Waals surface area (Å²) in [5, 5.41) is 3.56. The van der Waals surface area contributed by atoms with Crippen molar-refractivity contribution in [3.8, 4) is 11.5 Å². The van der Waals surface area contributed by atoms with Crippen molar-refractivity contribution < 1.29 is 9.47 Å². The van der Waals surface area contributed by atoms with Crippen LogP contribution in [0.25, 0.3) is 0 Å². The normalized spacial score (nSPS) is 22.8. The molecule has 0 spiro atoms. The lowest BCUT2D eigenvalue weighted by atomic mass is 10.1. The minimum Gasteiger partial charge on any atom is -0.490 e. The summed E-state index contributed by atoms with van der Waals surface area (Å²) >= 11 is 0. The first-order valence-electron chi connectivity index (χ1n) is 7.59. The molecule has 1 aromatic rings. The molecule has 2 aliphatic heterocycles. The van der Waals surface area contributed by atoms with E-state index in [-0.39, 0.29) is 0 Å². The number of hydrogen-bond acceptors (Lipinski definition) is 4. The maximum absolute atomic E-state index is 5.72. The Morgan fingerprint density at radius 1 is 1.25 bits per heavy atom. The molecule has 1 fully saturated rings. The van der Waals surface area contributed by atoms with Crippen molar-refractivity contribution in [2.75, 3.05) is 39.9 Å². The number of benzene rings is 1. The van der Waals surface area contributed by atoms with E-state index in [1.165, 1.54) is 25.1 Å². The van der Waals surface area contributed by atoms with Gasteiger partial charge < -0.3 is 19.7 Å². The van der Waals surface area contributed by atoms with Gasteiger partial charge in [0.05, 0.1) is 13.2 Å². The summed E-state index contributed by atoms with van der Waals surface area (Å²) in [5.74, 6) is 2.56. The van der Waals surface area contributed by atoms with Crippen LogP contribution in [0.5, 0.6) is 11.5 Å². The van der Waals surface area contributed by atoms with Gasteiger partial charge in [0.15, 0.2) is 11.5 Å². The van der Waals surface area contributed by atoms with E-state index in [9.17, 15) is 0 Å². The van der Waals surface area contributed by atoms with Crippen molar-refractivity contribution in [1.29, 1.82) is 0 Å². The van der Waals surface area contributed by atoms with Crippen LogP contribution in [0, 0.1) is 5.92 Å². The van der Waals surface area contributed by atoms with E-state index >= 15 is 0 Å². The first-order valence-corrected chi connectivity index (χ1v) is 7.59. The fraction of sp³-hybridized carbons (Fsp3) is 0.625. The molecule has 1 unspecified atom stereocenters. The van der Waals surface area contributed by atoms with Crippen LogP contribution in [0.1, 0.15) is 18.4 Å². The molecule has 1 atom stereocenters. The molecule has 2 heterocycles. The highest BCUT2D eigenvalue weighted by molar-refractivity contribution is 5.43. The van der Waals surface area contributed by atoms with Crippen LogP contribution in [0.15, 0.2) is 18.2 Å². The third kappa shape index (κ3) is 3.44. The summed E-state index contributed by atoms with van der Waals surface area (Å²) < 4.78 is 11.4. The van der Waals surface area contributed by atoms with E-state index in [2.05, 4.69) is 29.4 Å². The second-order valence-electron chi connectivity index (χ2n) is 5.88. The van der Waals surface area contributed by atoms with Crippen LogP contribution in [0.4, 0.5) is 0 Å². The molecule has 0 bridgehead atoms. The highest BCUT2D eigenvalue weighted by atomic mass is 16.5. The Balaban J connectivity index is 1.51. The lowest BCUT2D eigenvalue weighted by Crippen LogP contribution is -2.24. The Morgan fingerprint density at radius 3 is 2.90 bits per heavy atom.